The second-order valence-electron chi connectivity index (χ2n) is 3.01. The van der Waals surface area contributed by atoms with Crippen LogP contribution in [0.5, 0.6) is 0 Å². The molecule has 0 spiro atoms. The van der Waals surface area contributed by atoms with E-state index in [0.717, 1.165) is 18.0 Å². The number of thioether (sulfide) groups is 1. The van der Waals surface area contributed by atoms with Crippen LogP contribution in [0.3, 0.4) is 0 Å². The molecule has 72 valence electrons. The van der Waals surface area contributed by atoms with E-state index >= 15 is 0 Å². The molecule has 3 heteroatoms. The summed E-state index contributed by atoms with van der Waals surface area (Å²) in [5.41, 5.74) is 1.01. The summed E-state index contributed by atoms with van der Waals surface area (Å²) in [6.45, 7) is 4.28. The molecule has 2 rings (SSSR count). The maximum atomic E-state index is 11.5. The monoisotopic (exact) mass is 205 g/mol. The first-order valence-electron chi connectivity index (χ1n) is 4.48. The summed E-state index contributed by atoms with van der Waals surface area (Å²) in [7, 11) is 0. The summed E-state index contributed by atoms with van der Waals surface area (Å²) in [4.78, 5) is 14.5. The highest BCUT2D eigenvalue weighted by molar-refractivity contribution is 7.99. The zero-order valence-corrected chi connectivity index (χ0v) is 8.59. The van der Waals surface area contributed by atoms with Crippen molar-refractivity contribution in [2.45, 2.75) is 4.90 Å². The molecule has 0 atom stereocenters. The number of nitrogens with zero attached hydrogens (tertiary/aromatic N) is 1. The van der Waals surface area contributed by atoms with Crippen LogP contribution in [0.1, 0.15) is 0 Å². The van der Waals surface area contributed by atoms with Crippen molar-refractivity contribution in [2.24, 2.45) is 0 Å². The third kappa shape index (κ3) is 1.55. The van der Waals surface area contributed by atoms with Gasteiger partial charge in [-0.3, -0.25) is 4.79 Å². The molecule has 0 fully saturated rings. The third-order valence-electron chi connectivity index (χ3n) is 2.17. The van der Waals surface area contributed by atoms with Crippen LogP contribution in [-0.2, 0) is 4.79 Å². The van der Waals surface area contributed by atoms with Gasteiger partial charge in [-0.2, -0.15) is 0 Å². The Morgan fingerprint density at radius 3 is 3.07 bits per heavy atom. The molecule has 0 aliphatic carbocycles. The summed E-state index contributed by atoms with van der Waals surface area (Å²) in [6, 6.07) is 7.97. The average Bonchev–Trinajstić information content (AvgIpc) is 2.27. The number of hydrogen-bond acceptors (Lipinski definition) is 2. The van der Waals surface area contributed by atoms with E-state index < -0.39 is 0 Å². The predicted octanol–water partition coefficient (Wildman–Crippen LogP) is 2.31. The number of fused-ring (bicyclic) bond motifs is 1. The summed E-state index contributed by atoms with van der Waals surface area (Å²) in [5.74, 6) is 0.939. The van der Waals surface area contributed by atoms with E-state index in [1.54, 1.807) is 16.7 Å². The fourth-order valence-electron chi connectivity index (χ4n) is 1.51. The lowest BCUT2D eigenvalue weighted by atomic mass is 10.2. The van der Waals surface area contributed by atoms with Crippen LogP contribution in [0.4, 0.5) is 5.69 Å². The molecule has 0 radical (unpaired) electrons. The lowest BCUT2D eigenvalue weighted by Gasteiger charge is -2.27. The predicted molar refractivity (Wildman–Crippen MR) is 59.7 cm³/mol. The molecule has 2 nitrogen and oxygen atoms in total. The second kappa shape index (κ2) is 3.88. The number of anilines is 1. The molecular weight excluding hydrogens is 194 g/mol. The molecule has 0 bridgehead atoms. The van der Waals surface area contributed by atoms with Crippen LogP contribution < -0.4 is 4.90 Å². The van der Waals surface area contributed by atoms with Gasteiger partial charge < -0.3 is 4.90 Å². The molecule has 1 aliphatic rings. The van der Waals surface area contributed by atoms with Crippen molar-refractivity contribution in [3.05, 3.63) is 36.9 Å². The number of para-hydroxylation sites is 1. The Hall–Kier alpha value is -1.22. The van der Waals surface area contributed by atoms with Gasteiger partial charge in [-0.05, 0) is 18.2 Å². The van der Waals surface area contributed by atoms with Crippen LogP contribution in [0, 0.1) is 0 Å². The number of carbonyl (C=O) groups is 1. The first-order chi connectivity index (χ1) is 6.83. The van der Waals surface area contributed by atoms with Gasteiger partial charge in [0.2, 0.25) is 5.91 Å². The summed E-state index contributed by atoms with van der Waals surface area (Å²) >= 11 is 1.79. The van der Waals surface area contributed by atoms with Gasteiger partial charge in [0.05, 0.1) is 5.69 Å². The Morgan fingerprint density at radius 1 is 1.50 bits per heavy atom. The lowest BCUT2D eigenvalue weighted by Crippen LogP contribution is -2.33. The van der Waals surface area contributed by atoms with E-state index in [-0.39, 0.29) is 5.91 Å². The minimum Gasteiger partial charge on any atom is -0.307 e. The highest BCUT2D eigenvalue weighted by Crippen LogP contribution is 2.34. The van der Waals surface area contributed by atoms with Gasteiger partial charge in [0, 0.05) is 17.2 Å². The Morgan fingerprint density at radius 2 is 2.29 bits per heavy atom. The average molecular weight is 205 g/mol. The molecular formula is C11H11NOS. The molecule has 0 saturated carbocycles. The molecule has 0 saturated heterocycles. The number of amides is 1. The van der Waals surface area contributed by atoms with Gasteiger partial charge in [-0.1, -0.05) is 18.7 Å². The van der Waals surface area contributed by atoms with E-state index in [1.807, 2.05) is 24.3 Å². The van der Waals surface area contributed by atoms with Crippen molar-refractivity contribution in [1.29, 1.82) is 0 Å². The lowest BCUT2D eigenvalue weighted by molar-refractivity contribution is -0.114. The SMILES string of the molecule is C=CC(=O)N1CCSc2ccccc21. The van der Waals surface area contributed by atoms with Gasteiger partial charge in [0.1, 0.15) is 0 Å². The molecule has 1 aromatic rings. The van der Waals surface area contributed by atoms with Gasteiger partial charge >= 0.3 is 0 Å². The molecule has 1 aromatic carbocycles. The van der Waals surface area contributed by atoms with Gasteiger partial charge in [0.15, 0.2) is 0 Å². The van der Waals surface area contributed by atoms with Crippen molar-refractivity contribution < 1.29 is 4.79 Å². The molecule has 0 aromatic heterocycles. The van der Waals surface area contributed by atoms with Crippen molar-refractivity contribution in [1.82, 2.24) is 0 Å². The van der Waals surface area contributed by atoms with Crippen LogP contribution in [0.25, 0.3) is 0 Å². The first-order valence-corrected chi connectivity index (χ1v) is 5.47. The van der Waals surface area contributed by atoms with E-state index in [0.29, 0.717) is 0 Å². The van der Waals surface area contributed by atoms with E-state index in [4.69, 9.17) is 0 Å². The number of rotatable bonds is 1. The fourth-order valence-corrected chi connectivity index (χ4v) is 2.50. The minimum atomic E-state index is -0.0160. The van der Waals surface area contributed by atoms with Crippen LogP contribution >= 0.6 is 11.8 Å². The van der Waals surface area contributed by atoms with Crippen molar-refractivity contribution >= 4 is 23.4 Å². The van der Waals surface area contributed by atoms with Gasteiger partial charge in [0.25, 0.3) is 0 Å². The van der Waals surface area contributed by atoms with E-state index in [2.05, 4.69) is 6.58 Å². The maximum Gasteiger partial charge on any atom is 0.250 e. The largest absolute Gasteiger partial charge is 0.307 e. The summed E-state index contributed by atoms with van der Waals surface area (Å²) in [5, 5.41) is 0. The maximum absolute atomic E-state index is 11.5. The van der Waals surface area contributed by atoms with Crippen molar-refractivity contribution in [3.63, 3.8) is 0 Å². The quantitative estimate of drug-likeness (QED) is 0.656. The molecule has 14 heavy (non-hydrogen) atoms. The zero-order valence-electron chi connectivity index (χ0n) is 7.77. The smallest absolute Gasteiger partial charge is 0.250 e. The number of hydrogen-bond donors (Lipinski definition) is 0. The Bertz CT molecular complexity index is 375. The molecule has 1 aliphatic heterocycles. The van der Waals surface area contributed by atoms with E-state index in [9.17, 15) is 4.79 Å². The number of benzene rings is 1. The topological polar surface area (TPSA) is 20.3 Å². The highest BCUT2D eigenvalue weighted by Gasteiger charge is 2.20. The highest BCUT2D eigenvalue weighted by atomic mass is 32.2. The molecule has 0 N–H and O–H groups in total. The van der Waals surface area contributed by atoms with Crippen LogP contribution in [-0.4, -0.2) is 18.2 Å². The second-order valence-corrected chi connectivity index (χ2v) is 4.15. The van der Waals surface area contributed by atoms with Crippen LogP contribution in [0.2, 0.25) is 0 Å². The normalized spacial score (nSPS) is 14.7. The third-order valence-corrected chi connectivity index (χ3v) is 3.21. The van der Waals surface area contributed by atoms with Gasteiger partial charge in [-0.25, -0.2) is 0 Å². The zero-order chi connectivity index (χ0) is 9.97. The summed E-state index contributed by atoms with van der Waals surface area (Å²) < 4.78 is 0. The fraction of sp³-hybridized carbons (Fsp3) is 0.182. The minimum absolute atomic E-state index is 0.0160. The molecule has 1 amide bonds. The summed E-state index contributed by atoms with van der Waals surface area (Å²) in [6.07, 6.45) is 1.37. The van der Waals surface area contributed by atoms with Gasteiger partial charge in [-0.15, -0.1) is 11.8 Å². The molecule has 0 unspecified atom stereocenters. The van der Waals surface area contributed by atoms with Crippen molar-refractivity contribution in [2.75, 3.05) is 17.2 Å². The Balaban J connectivity index is 2.40. The Labute approximate surface area is 87.6 Å². The molecule has 1 heterocycles. The van der Waals surface area contributed by atoms with Crippen LogP contribution in [0.15, 0.2) is 41.8 Å². The number of carbonyl (C=O) groups excluding carboxylic acids is 1. The Kier molecular flexibility index (Phi) is 2.59. The van der Waals surface area contributed by atoms with Crippen molar-refractivity contribution in [3.8, 4) is 0 Å². The first kappa shape index (κ1) is 9.34. The van der Waals surface area contributed by atoms with E-state index in [1.165, 1.54) is 11.0 Å². The standard InChI is InChI=1S/C11H11NOS/c1-2-11(13)12-7-8-14-10-6-4-3-5-9(10)12/h2-6H,1,7-8H2.